The van der Waals surface area contributed by atoms with E-state index in [-0.39, 0.29) is 24.9 Å². The number of rotatable bonds is 7. The van der Waals surface area contributed by atoms with Crippen LogP contribution in [0.4, 0.5) is 0 Å². The molecule has 9 nitrogen and oxygen atoms in total. The molecule has 3 heterocycles. The maximum absolute atomic E-state index is 13.3. The number of benzene rings is 1. The van der Waals surface area contributed by atoms with Gasteiger partial charge in [0.05, 0.1) is 36.9 Å². The van der Waals surface area contributed by atoms with Crippen molar-refractivity contribution in [2.75, 3.05) is 26.8 Å². The number of carbonyl (C=O) groups excluding carboxylic acids is 2. The Bertz CT molecular complexity index is 1280. The molecule has 1 aromatic carbocycles. The lowest BCUT2D eigenvalue weighted by atomic mass is 10.0. The van der Waals surface area contributed by atoms with Crippen LogP contribution in [0.15, 0.2) is 30.5 Å². The number of β-amino-alcohol motifs (C(OH)–C–C–N with tert-alkyl or cyclic N) is 1. The Kier molecular flexibility index (Phi) is 6.10. The summed E-state index contributed by atoms with van der Waals surface area (Å²) in [5, 5.41) is 13.2. The van der Waals surface area contributed by atoms with Crippen molar-refractivity contribution in [2.24, 2.45) is 5.92 Å². The zero-order chi connectivity index (χ0) is 24.7. The summed E-state index contributed by atoms with van der Waals surface area (Å²) < 4.78 is 11.6. The van der Waals surface area contributed by atoms with E-state index in [0.29, 0.717) is 35.0 Å². The number of nitrogens with zero attached hydrogens (tertiary/aromatic N) is 2. The summed E-state index contributed by atoms with van der Waals surface area (Å²) in [6.07, 6.45) is 3.24. The van der Waals surface area contributed by atoms with Crippen molar-refractivity contribution in [2.45, 2.75) is 38.8 Å². The molecule has 0 unspecified atom stereocenters. The molecule has 0 bridgehead atoms. The number of methoxy groups -OCH3 is 1. The number of ether oxygens (including phenoxy) is 2. The molecule has 35 heavy (non-hydrogen) atoms. The van der Waals surface area contributed by atoms with Gasteiger partial charge in [0.1, 0.15) is 17.0 Å². The van der Waals surface area contributed by atoms with E-state index in [2.05, 4.69) is 15.3 Å². The normalized spacial score (nSPS) is 19.7. The van der Waals surface area contributed by atoms with E-state index < -0.39 is 12.1 Å². The number of likely N-dealkylation sites (tertiary alicyclic amines) is 1. The molecule has 3 N–H and O–H groups in total. The Morgan fingerprint density at radius 2 is 2.03 bits per heavy atom. The number of H-pyrrole nitrogens is 1. The predicted molar refractivity (Wildman–Crippen MR) is 131 cm³/mol. The number of aryl methyl sites for hydroxylation is 1. The third kappa shape index (κ3) is 4.55. The number of pyridine rings is 1. The molecule has 184 valence electrons. The molecule has 2 aromatic heterocycles. The maximum atomic E-state index is 13.3. The van der Waals surface area contributed by atoms with Gasteiger partial charge in [0.25, 0.3) is 5.91 Å². The van der Waals surface area contributed by atoms with Crippen LogP contribution in [0, 0.1) is 12.8 Å². The number of fused-ring (bicyclic) bond motifs is 1. The Morgan fingerprint density at radius 3 is 2.71 bits per heavy atom. The highest BCUT2D eigenvalue weighted by Gasteiger charge is 2.34. The summed E-state index contributed by atoms with van der Waals surface area (Å²) in [5.41, 5.74) is 4.04. The third-order valence-corrected chi connectivity index (χ3v) is 6.80. The van der Waals surface area contributed by atoms with Crippen molar-refractivity contribution in [3.8, 4) is 22.6 Å². The molecule has 2 atom stereocenters. The topological polar surface area (TPSA) is 117 Å². The summed E-state index contributed by atoms with van der Waals surface area (Å²) in [6, 6.07) is 7.07. The first-order valence-electron chi connectivity index (χ1n) is 11.9. The van der Waals surface area contributed by atoms with Crippen molar-refractivity contribution in [3.63, 3.8) is 0 Å². The minimum atomic E-state index is -0.820. The van der Waals surface area contributed by atoms with Gasteiger partial charge >= 0.3 is 0 Å². The minimum absolute atomic E-state index is 0.131. The fraction of sp³-hybridized carbons (Fsp3) is 0.423. The second kappa shape index (κ2) is 9.22. The molecule has 2 aliphatic rings. The van der Waals surface area contributed by atoms with E-state index in [4.69, 9.17) is 9.47 Å². The highest BCUT2D eigenvalue weighted by Crippen LogP contribution is 2.39. The minimum Gasteiger partial charge on any atom is -0.497 e. The number of aromatic amines is 1. The number of aliphatic hydroxyl groups is 1. The Labute approximate surface area is 203 Å². The van der Waals surface area contributed by atoms with Gasteiger partial charge in [-0.3, -0.25) is 14.6 Å². The van der Waals surface area contributed by atoms with Crippen LogP contribution in [0.2, 0.25) is 0 Å². The maximum Gasteiger partial charge on any atom is 0.255 e. The molecule has 0 radical (unpaired) electrons. The zero-order valence-electron chi connectivity index (χ0n) is 20.1. The van der Waals surface area contributed by atoms with Crippen LogP contribution in [0.1, 0.15) is 35.8 Å². The van der Waals surface area contributed by atoms with Crippen LogP contribution >= 0.6 is 0 Å². The van der Waals surface area contributed by atoms with Gasteiger partial charge in [-0.05, 0) is 49.9 Å². The van der Waals surface area contributed by atoms with E-state index >= 15 is 0 Å². The van der Waals surface area contributed by atoms with E-state index in [9.17, 15) is 14.7 Å². The molecule has 1 aliphatic carbocycles. The van der Waals surface area contributed by atoms with Crippen LogP contribution < -0.4 is 14.8 Å². The average Bonchev–Trinajstić information content (AvgIpc) is 3.51. The number of amides is 2. The van der Waals surface area contributed by atoms with Crippen molar-refractivity contribution in [1.82, 2.24) is 20.2 Å². The first-order valence-corrected chi connectivity index (χ1v) is 11.9. The fourth-order valence-electron chi connectivity index (χ4n) is 4.60. The number of hydrogen-bond donors (Lipinski definition) is 3. The molecular formula is C26H30N4O5. The van der Waals surface area contributed by atoms with Crippen molar-refractivity contribution >= 4 is 22.8 Å². The van der Waals surface area contributed by atoms with Crippen molar-refractivity contribution in [3.05, 3.63) is 41.7 Å². The van der Waals surface area contributed by atoms with Gasteiger partial charge in [0.15, 0.2) is 0 Å². The lowest BCUT2D eigenvalue weighted by Crippen LogP contribution is -2.43. The van der Waals surface area contributed by atoms with Gasteiger partial charge in [-0.1, -0.05) is 0 Å². The molecule has 9 heteroatoms. The molecular weight excluding hydrogens is 448 g/mol. The van der Waals surface area contributed by atoms with E-state index in [1.54, 1.807) is 13.3 Å². The van der Waals surface area contributed by atoms with Crippen molar-refractivity contribution < 1.29 is 24.2 Å². The van der Waals surface area contributed by atoms with Gasteiger partial charge in [-0.2, -0.15) is 0 Å². The SMILES string of the molecule is COc1ccc(OCC2CC2)c(-c2ccnc3c(C(=O)N[C@@H]4CN(C(C)=O)C[C@H]4O)c(C)[nH]c23)c1. The standard InChI is InChI=1S/C26H30N4O5/c1-14-23(26(33)29-20-11-30(15(2)31)12-21(20)32)25-24(28-14)18(8-9-27-25)19-10-17(34-3)6-7-22(19)35-13-16-4-5-16/h6-10,16,20-21,28,32H,4-5,11-13H2,1-3H3,(H,29,33)/t20-,21-/m1/s1. The molecule has 1 aliphatic heterocycles. The number of nitrogens with one attached hydrogen (secondary N) is 2. The number of aromatic nitrogens is 2. The Hall–Kier alpha value is -3.59. The summed E-state index contributed by atoms with van der Waals surface area (Å²) in [4.78, 5) is 34.3. The third-order valence-electron chi connectivity index (χ3n) is 6.80. The van der Waals surface area contributed by atoms with Gasteiger partial charge in [0, 0.05) is 43.0 Å². The Morgan fingerprint density at radius 1 is 1.23 bits per heavy atom. The smallest absolute Gasteiger partial charge is 0.255 e. The fourth-order valence-corrected chi connectivity index (χ4v) is 4.60. The lowest BCUT2D eigenvalue weighted by Gasteiger charge is -2.16. The number of hydrogen-bond acceptors (Lipinski definition) is 6. The van der Waals surface area contributed by atoms with Crippen LogP contribution in [0.25, 0.3) is 22.2 Å². The number of carbonyl (C=O) groups is 2. The van der Waals surface area contributed by atoms with E-state index in [0.717, 1.165) is 22.4 Å². The number of aliphatic hydroxyl groups excluding tert-OH is 1. The molecule has 1 saturated carbocycles. The highest BCUT2D eigenvalue weighted by molar-refractivity contribution is 6.10. The van der Waals surface area contributed by atoms with Crippen molar-refractivity contribution in [1.29, 1.82) is 0 Å². The van der Waals surface area contributed by atoms with Gasteiger partial charge in [-0.15, -0.1) is 0 Å². The highest BCUT2D eigenvalue weighted by atomic mass is 16.5. The van der Waals surface area contributed by atoms with Gasteiger partial charge in [-0.25, -0.2) is 0 Å². The Balaban J connectivity index is 1.49. The second-order valence-electron chi connectivity index (χ2n) is 9.39. The molecule has 1 saturated heterocycles. The summed E-state index contributed by atoms with van der Waals surface area (Å²) >= 11 is 0. The first-order chi connectivity index (χ1) is 16.9. The molecule has 2 amide bonds. The van der Waals surface area contributed by atoms with Crippen LogP contribution in [0.3, 0.4) is 0 Å². The second-order valence-corrected chi connectivity index (χ2v) is 9.39. The van der Waals surface area contributed by atoms with Crippen LogP contribution in [0.5, 0.6) is 11.5 Å². The molecule has 3 aromatic rings. The lowest BCUT2D eigenvalue weighted by molar-refractivity contribution is -0.128. The summed E-state index contributed by atoms with van der Waals surface area (Å²) in [6.45, 7) is 4.42. The monoisotopic (exact) mass is 478 g/mol. The van der Waals surface area contributed by atoms with Gasteiger partial charge in [0.2, 0.25) is 5.91 Å². The summed E-state index contributed by atoms with van der Waals surface area (Å²) in [7, 11) is 1.62. The van der Waals surface area contributed by atoms with E-state index in [1.165, 1.54) is 24.7 Å². The predicted octanol–water partition coefficient (Wildman–Crippen LogP) is 2.66. The zero-order valence-corrected chi connectivity index (χ0v) is 20.1. The quantitative estimate of drug-likeness (QED) is 0.481. The molecule has 5 rings (SSSR count). The summed E-state index contributed by atoms with van der Waals surface area (Å²) in [5.74, 6) is 1.59. The largest absolute Gasteiger partial charge is 0.497 e. The first kappa shape index (κ1) is 23.2. The average molecular weight is 479 g/mol. The van der Waals surface area contributed by atoms with Gasteiger partial charge < -0.3 is 29.8 Å². The molecule has 2 fully saturated rings. The van der Waals surface area contributed by atoms with Crippen LogP contribution in [-0.4, -0.2) is 70.7 Å². The van der Waals surface area contributed by atoms with E-state index in [1.807, 2.05) is 31.2 Å². The molecule has 0 spiro atoms. The van der Waals surface area contributed by atoms with Crippen LogP contribution in [-0.2, 0) is 4.79 Å².